The molecular weight excluding hydrogens is 288 g/mol. The lowest BCUT2D eigenvalue weighted by atomic mass is 9.92. The molecule has 1 aromatic rings. The first kappa shape index (κ1) is 17.7. The molecule has 1 saturated heterocycles. The van der Waals surface area contributed by atoms with E-state index in [1.165, 1.54) is 38.4 Å². The Morgan fingerprint density at radius 3 is 2.61 bits per heavy atom. The highest BCUT2D eigenvalue weighted by Crippen LogP contribution is 2.35. The van der Waals surface area contributed by atoms with Gasteiger partial charge in [0.15, 0.2) is 0 Å². The summed E-state index contributed by atoms with van der Waals surface area (Å²) in [4.78, 5) is 11.5. The molecule has 1 heterocycles. The second kappa shape index (κ2) is 8.88. The summed E-state index contributed by atoms with van der Waals surface area (Å²) >= 11 is 0. The molecule has 0 spiro atoms. The zero-order valence-corrected chi connectivity index (χ0v) is 14.3. The summed E-state index contributed by atoms with van der Waals surface area (Å²) in [5.74, 6) is -0.306. The first-order valence-corrected chi connectivity index (χ1v) is 8.64. The van der Waals surface area contributed by atoms with E-state index in [1.807, 2.05) is 12.1 Å². The first-order chi connectivity index (χ1) is 11.1. The Hall–Kier alpha value is -1.61. The summed E-state index contributed by atoms with van der Waals surface area (Å²) in [5, 5.41) is 0. The number of hydrogen-bond acceptors (Lipinski definition) is 3. The van der Waals surface area contributed by atoms with Crippen LogP contribution in [-0.2, 0) is 9.47 Å². The molecule has 0 saturated carbocycles. The fraction of sp³-hybridized carbons (Fsp3) is 0.550. The minimum atomic E-state index is -0.306. The van der Waals surface area contributed by atoms with Gasteiger partial charge in [-0.3, -0.25) is 0 Å². The Kier molecular flexibility index (Phi) is 6.85. The number of benzene rings is 1. The predicted molar refractivity (Wildman–Crippen MR) is 92.5 cm³/mol. The molecule has 3 heteroatoms. The van der Waals surface area contributed by atoms with E-state index >= 15 is 0 Å². The molecular formula is C20H28O3. The highest BCUT2D eigenvalue weighted by Gasteiger charge is 2.25. The molecule has 0 bridgehead atoms. The molecule has 3 nitrogen and oxygen atoms in total. The van der Waals surface area contributed by atoms with Crippen molar-refractivity contribution >= 4 is 5.97 Å². The van der Waals surface area contributed by atoms with Gasteiger partial charge in [-0.2, -0.15) is 0 Å². The maximum atomic E-state index is 11.5. The number of methoxy groups -OCH3 is 1. The third-order valence-corrected chi connectivity index (χ3v) is 4.43. The predicted octanol–water partition coefficient (Wildman–Crippen LogP) is 5.22. The van der Waals surface area contributed by atoms with Crippen LogP contribution in [-0.4, -0.2) is 19.2 Å². The molecule has 1 fully saturated rings. The summed E-state index contributed by atoms with van der Waals surface area (Å²) in [5.41, 5.74) is 2.94. The molecule has 1 aliphatic heterocycles. The number of carbonyl (C=O) groups is 1. The normalized spacial score (nSPS) is 21.2. The van der Waals surface area contributed by atoms with Gasteiger partial charge in [0.25, 0.3) is 0 Å². The van der Waals surface area contributed by atoms with E-state index in [1.54, 1.807) is 12.1 Å². The third kappa shape index (κ3) is 5.21. The molecule has 1 aliphatic rings. The Balaban J connectivity index is 1.95. The summed E-state index contributed by atoms with van der Waals surface area (Å²) in [6.45, 7) is 6.42. The molecule has 0 N–H and O–H groups in total. The fourth-order valence-electron chi connectivity index (χ4n) is 3.11. The third-order valence-electron chi connectivity index (χ3n) is 4.43. The van der Waals surface area contributed by atoms with Crippen LogP contribution in [0.25, 0.3) is 0 Å². The molecule has 1 aromatic carbocycles. The van der Waals surface area contributed by atoms with Crippen molar-refractivity contribution < 1.29 is 14.3 Å². The zero-order chi connectivity index (χ0) is 16.7. The highest BCUT2D eigenvalue weighted by molar-refractivity contribution is 5.89. The van der Waals surface area contributed by atoms with E-state index < -0.39 is 0 Å². The van der Waals surface area contributed by atoms with E-state index in [-0.39, 0.29) is 18.2 Å². The lowest BCUT2D eigenvalue weighted by Gasteiger charge is -2.32. The quantitative estimate of drug-likeness (QED) is 0.393. The SMILES string of the molecule is C=C1C[C@H](CCCCCC)O[C@H](c2ccc(C(=O)OC)cc2)C1. The van der Waals surface area contributed by atoms with Crippen molar-refractivity contribution in [1.82, 2.24) is 0 Å². The van der Waals surface area contributed by atoms with Crippen LogP contribution in [0.5, 0.6) is 0 Å². The van der Waals surface area contributed by atoms with E-state index in [2.05, 4.69) is 13.5 Å². The number of hydrogen-bond donors (Lipinski definition) is 0. The van der Waals surface area contributed by atoms with Gasteiger partial charge in [-0.05, 0) is 37.0 Å². The van der Waals surface area contributed by atoms with Gasteiger partial charge in [0.2, 0.25) is 0 Å². The van der Waals surface area contributed by atoms with Gasteiger partial charge in [-0.25, -0.2) is 4.79 Å². The van der Waals surface area contributed by atoms with Crippen LogP contribution in [0.1, 0.15) is 73.9 Å². The summed E-state index contributed by atoms with van der Waals surface area (Å²) in [6.07, 6.45) is 8.33. The lowest BCUT2D eigenvalue weighted by molar-refractivity contribution is -0.0374. The Morgan fingerprint density at radius 1 is 1.22 bits per heavy atom. The number of esters is 1. The first-order valence-electron chi connectivity index (χ1n) is 8.64. The van der Waals surface area contributed by atoms with Gasteiger partial charge in [0.05, 0.1) is 24.9 Å². The van der Waals surface area contributed by atoms with Crippen molar-refractivity contribution in [3.8, 4) is 0 Å². The second-order valence-electron chi connectivity index (χ2n) is 6.37. The van der Waals surface area contributed by atoms with Gasteiger partial charge < -0.3 is 9.47 Å². The van der Waals surface area contributed by atoms with Crippen molar-refractivity contribution in [2.75, 3.05) is 7.11 Å². The van der Waals surface area contributed by atoms with E-state index in [4.69, 9.17) is 9.47 Å². The van der Waals surface area contributed by atoms with Gasteiger partial charge in [-0.1, -0.05) is 56.9 Å². The smallest absolute Gasteiger partial charge is 0.337 e. The largest absolute Gasteiger partial charge is 0.465 e. The Morgan fingerprint density at radius 2 is 1.96 bits per heavy atom. The number of rotatable bonds is 7. The molecule has 126 valence electrons. The van der Waals surface area contributed by atoms with Crippen molar-refractivity contribution in [3.63, 3.8) is 0 Å². The van der Waals surface area contributed by atoms with Crippen LogP contribution in [0.15, 0.2) is 36.4 Å². The summed E-state index contributed by atoms with van der Waals surface area (Å²) in [7, 11) is 1.40. The van der Waals surface area contributed by atoms with Gasteiger partial charge in [-0.15, -0.1) is 0 Å². The van der Waals surface area contributed by atoms with Crippen LogP contribution in [0, 0.1) is 0 Å². The van der Waals surface area contributed by atoms with Crippen LogP contribution >= 0.6 is 0 Å². The topological polar surface area (TPSA) is 35.5 Å². The van der Waals surface area contributed by atoms with Crippen LogP contribution in [0.2, 0.25) is 0 Å². The van der Waals surface area contributed by atoms with Crippen LogP contribution in [0.4, 0.5) is 0 Å². The van der Waals surface area contributed by atoms with Crippen LogP contribution < -0.4 is 0 Å². The van der Waals surface area contributed by atoms with Gasteiger partial charge in [0, 0.05) is 0 Å². The molecule has 0 radical (unpaired) electrons. The van der Waals surface area contributed by atoms with E-state index in [0.29, 0.717) is 5.56 Å². The molecule has 0 aliphatic carbocycles. The maximum Gasteiger partial charge on any atom is 0.337 e. The van der Waals surface area contributed by atoms with Crippen molar-refractivity contribution in [3.05, 3.63) is 47.5 Å². The Labute approximate surface area is 139 Å². The molecule has 2 rings (SSSR count). The second-order valence-corrected chi connectivity index (χ2v) is 6.37. The van der Waals surface area contributed by atoms with Crippen LogP contribution in [0.3, 0.4) is 0 Å². The molecule has 0 amide bonds. The van der Waals surface area contributed by atoms with Crippen molar-refractivity contribution in [2.24, 2.45) is 0 Å². The maximum absolute atomic E-state index is 11.5. The fourth-order valence-corrected chi connectivity index (χ4v) is 3.11. The zero-order valence-electron chi connectivity index (χ0n) is 14.3. The molecule has 0 unspecified atom stereocenters. The van der Waals surface area contributed by atoms with Crippen molar-refractivity contribution in [1.29, 1.82) is 0 Å². The van der Waals surface area contributed by atoms with Gasteiger partial charge >= 0.3 is 5.97 Å². The monoisotopic (exact) mass is 316 g/mol. The summed E-state index contributed by atoms with van der Waals surface area (Å²) < 4.78 is 11.0. The average molecular weight is 316 g/mol. The number of unbranched alkanes of at least 4 members (excludes halogenated alkanes) is 3. The Bertz CT molecular complexity index is 518. The molecule has 2 atom stereocenters. The lowest BCUT2D eigenvalue weighted by Crippen LogP contribution is -2.23. The number of carbonyl (C=O) groups excluding carboxylic acids is 1. The molecule has 23 heavy (non-hydrogen) atoms. The van der Waals surface area contributed by atoms with E-state index in [9.17, 15) is 4.79 Å². The standard InChI is InChI=1S/C20H28O3/c1-4-5-6-7-8-18-13-15(2)14-19(23-18)16-9-11-17(12-10-16)20(21)22-3/h9-12,18-19H,2,4-8,13-14H2,1,3H3/t18-,19-/m0/s1. The summed E-state index contributed by atoms with van der Waals surface area (Å²) in [6, 6.07) is 7.53. The minimum absolute atomic E-state index is 0.0547. The highest BCUT2D eigenvalue weighted by atomic mass is 16.5. The van der Waals surface area contributed by atoms with Crippen molar-refractivity contribution in [2.45, 2.75) is 64.1 Å². The number of ether oxygens (including phenoxy) is 2. The van der Waals surface area contributed by atoms with Gasteiger partial charge in [0.1, 0.15) is 0 Å². The minimum Gasteiger partial charge on any atom is -0.465 e. The average Bonchev–Trinajstić information content (AvgIpc) is 2.58. The molecule has 0 aromatic heterocycles. The van der Waals surface area contributed by atoms with E-state index in [0.717, 1.165) is 24.8 Å².